The molecule has 1 aliphatic heterocycles. The third-order valence-corrected chi connectivity index (χ3v) is 5.04. The Bertz CT molecular complexity index is 1060. The van der Waals surface area contributed by atoms with Crippen molar-refractivity contribution in [2.75, 3.05) is 18.0 Å². The molecule has 4 aromatic rings. The lowest BCUT2D eigenvalue weighted by Gasteiger charge is -2.24. The molecule has 0 radical (unpaired) electrons. The van der Waals surface area contributed by atoms with Crippen LogP contribution in [0.1, 0.15) is 6.42 Å². The maximum Gasteiger partial charge on any atom is 0.142 e. The third kappa shape index (κ3) is 2.84. The van der Waals surface area contributed by atoms with Gasteiger partial charge in [0.05, 0.1) is 28.0 Å². The standard InChI is InChI=1S/C21H20N6/c22-14-8-10-27(13-14)20-15(17-5-3-4-9-24-17)11-23-12-16(20)21-25-18-6-1-2-7-19(18)26-21/h1-7,9,11-12,14H,8,10,13,22H2,(H,25,26). The van der Waals surface area contributed by atoms with Gasteiger partial charge in [0.15, 0.2) is 0 Å². The Morgan fingerprint density at radius 3 is 2.67 bits per heavy atom. The second kappa shape index (κ2) is 6.48. The summed E-state index contributed by atoms with van der Waals surface area (Å²) >= 11 is 0. The van der Waals surface area contributed by atoms with E-state index in [0.717, 1.165) is 58.9 Å². The number of fused-ring (bicyclic) bond motifs is 1. The molecule has 3 N–H and O–H groups in total. The largest absolute Gasteiger partial charge is 0.369 e. The van der Waals surface area contributed by atoms with E-state index in [9.17, 15) is 0 Å². The molecule has 0 aliphatic carbocycles. The van der Waals surface area contributed by atoms with E-state index in [-0.39, 0.29) is 6.04 Å². The van der Waals surface area contributed by atoms with E-state index in [0.29, 0.717) is 0 Å². The van der Waals surface area contributed by atoms with E-state index in [4.69, 9.17) is 10.7 Å². The zero-order valence-corrected chi connectivity index (χ0v) is 14.8. The second-order valence-electron chi connectivity index (χ2n) is 6.90. The highest BCUT2D eigenvalue weighted by Crippen LogP contribution is 2.39. The highest BCUT2D eigenvalue weighted by atomic mass is 15.2. The average Bonchev–Trinajstić information content (AvgIpc) is 3.34. The summed E-state index contributed by atoms with van der Waals surface area (Å²) in [7, 11) is 0. The number of pyridine rings is 2. The summed E-state index contributed by atoms with van der Waals surface area (Å²) in [5.41, 5.74) is 12.1. The molecule has 1 atom stereocenters. The van der Waals surface area contributed by atoms with Crippen LogP contribution in [0, 0.1) is 0 Å². The molecule has 6 heteroatoms. The number of H-pyrrole nitrogens is 1. The Labute approximate surface area is 157 Å². The van der Waals surface area contributed by atoms with Crippen LogP contribution >= 0.6 is 0 Å². The van der Waals surface area contributed by atoms with Gasteiger partial charge < -0.3 is 15.6 Å². The molecule has 1 unspecified atom stereocenters. The number of aromatic nitrogens is 4. The Morgan fingerprint density at radius 1 is 1.04 bits per heavy atom. The Hall–Kier alpha value is -3.25. The lowest BCUT2D eigenvalue weighted by Crippen LogP contribution is -2.27. The fourth-order valence-electron chi connectivity index (χ4n) is 3.75. The molecular formula is C21H20N6. The Kier molecular flexibility index (Phi) is 3.83. The first-order valence-electron chi connectivity index (χ1n) is 9.14. The average molecular weight is 356 g/mol. The Morgan fingerprint density at radius 2 is 1.89 bits per heavy atom. The van der Waals surface area contributed by atoms with Crippen LogP contribution in [-0.4, -0.2) is 39.1 Å². The number of nitrogens with one attached hydrogen (secondary N) is 1. The van der Waals surface area contributed by atoms with Crippen molar-refractivity contribution in [3.05, 3.63) is 61.1 Å². The van der Waals surface area contributed by atoms with Gasteiger partial charge >= 0.3 is 0 Å². The number of aromatic amines is 1. The maximum atomic E-state index is 6.20. The van der Waals surface area contributed by atoms with Crippen molar-refractivity contribution in [2.45, 2.75) is 12.5 Å². The van der Waals surface area contributed by atoms with Crippen LogP contribution in [-0.2, 0) is 0 Å². The fraction of sp³-hybridized carbons (Fsp3) is 0.190. The topological polar surface area (TPSA) is 83.7 Å². The van der Waals surface area contributed by atoms with E-state index < -0.39 is 0 Å². The van der Waals surface area contributed by atoms with Gasteiger partial charge in [0, 0.05) is 43.3 Å². The molecule has 27 heavy (non-hydrogen) atoms. The predicted octanol–water partition coefficient (Wildman–Crippen LogP) is 3.22. The molecule has 0 amide bonds. The number of imidazole rings is 1. The Balaban J connectivity index is 1.73. The number of anilines is 1. The lowest BCUT2D eigenvalue weighted by molar-refractivity contribution is 0.752. The maximum absolute atomic E-state index is 6.20. The molecule has 6 nitrogen and oxygen atoms in total. The van der Waals surface area contributed by atoms with Crippen molar-refractivity contribution in [1.82, 2.24) is 19.9 Å². The molecule has 1 aliphatic rings. The van der Waals surface area contributed by atoms with Gasteiger partial charge in [-0.1, -0.05) is 18.2 Å². The summed E-state index contributed by atoms with van der Waals surface area (Å²) in [5.74, 6) is 0.817. The van der Waals surface area contributed by atoms with Crippen LogP contribution < -0.4 is 10.6 Å². The molecule has 0 saturated carbocycles. The summed E-state index contributed by atoms with van der Waals surface area (Å²) in [5, 5.41) is 0. The summed E-state index contributed by atoms with van der Waals surface area (Å²) in [4.78, 5) is 19.6. The quantitative estimate of drug-likeness (QED) is 0.589. The van der Waals surface area contributed by atoms with Gasteiger partial charge in [-0.25, -0.2) is 4.98 Å². The van der Waals surface area contributed by atoms with Gasteiger partial charge in [-0.05, 0) is 30.7 Å². The van der Waals surface area contributed by atoms with E-state index >= 15 is 0 Å². The van der Waals surface area contributed by atoms with E-state index in [1.807, 2.05) is 61.1 Å². The SMILES string of the molecule is NC1CCN(c2c(-c3ccccn3)cncc2-c2nc3ccccc3[nH]2)C1. The van der Waals surface area contributed by atoms with Gasteiger partial charge in [0.25, 0.3) is 0 Å². The second-order valence-corrected chi connectivity index (χ2v) is 6.90. The van der Waals surface area contributed by atoms with Crippen LogP contribution in [0.5, 0.6) is 0 Å². The van der Waals surface area contributed by atoms with Gasteiger partial charge in [0.1, 0.15) is 5.82 Å². The molecule has 1 fully saturated rings. The highest BCUT2D eigenvalue weighted by molar-refractivity contribution is 5.90. The molecule has 0 bridgehead atoms. The minimum atomic E-state index is 0.179. The number of para-hydroxylation sites is 2. The zero-order chi connectivity index (χ0) is 18.2. The first-order chi connectivity index (χ1) is 13.3. The summed E-state index contributed by atoms with van der Waals surface area (Å²) in [6, 6.07) is 14.2. The number of hydrogen-bond donors (Lipinski definition) is 2. The summed E-state index contributed by atoms with van der Waals surface area (Å²) < 4.78 is 0. The number of rotatable bonds is 3. The number of hydrogen-bond acceptors (Lipinski definition) is 5. The van der Waals surface area contributed by atoms with E-state index in [1.165, 1.54) is 0 Å². The van der Waals surface area contributed by atoms with Crippen LogP contribution in [0.3, 0.4) is 0 Å². The smallest absolute Gasteiger partial charge is 0.142 e. The van der Waals surface area contributed by atoms with E-state index in [2.05, 4.69) is 19.9 Å². The molecule has 134 valence electrons. The predicted molar refractivity (Wildman–Crippen MR) is 107 cm³/mol. The van der Waals surface area contributed by atoms with Gasteiger partial charge in [-0.2, -0.15) is 0 Å². The normalized spacial score (nSPS) is 16.9. The number of nitrogens with two attached hydrogens (primary N) is 1. The van der Waals surface area contributed by atoms with Crippen molar-refractivity contribution in [1.29, 1.82) is 0 Å². The van der Waals surface area contributed by atoms with Crippen LogP contribution in [0.25, 0.3) is 33.7 Å². The number of benzene rings is 1. The molecule has 0 spiro atoms. The fourth-order valence-corrected chi connectivity index (χ4v) is 3.75. The van der Waals surface area contributed by atoms with Gasteiger partial charge in [-0.15, -0.1) is 0 Å². The van der Waals surface area contributed by atoms with E-state index in [1.54, 1.807) is 0 Å². The molecular weight excluding hydrogens is 336 g/mol. The van der Waals surface area contributed by atoms with Gasteiger partial charge in [-0.3, -0.25) is 9.97 Å². The third-order valence-electron chi connectivity index (χ3n) is 5.04. The molecule has 5 rings (SSSR count). The van der Waals surface area contributed by atoms with Crippen LogP contribution in [0.15, 0.2) is 61.1 Å². The first-order valence-corrected chi connectivity index (χ1v) is 9.14. The van der Waals surface area contributed by atoms with Crippen molar-refractivity contribution < 1.29 is 0 Å². The first kappa shape index (κ1) is 16.0. The van der Waals surface area contributed by atoms with Crippen LogP contribution in [0.2, 0.25) is 0 Å². The van der Waals surface area contributed by atoms with Crippen LogP contribution in [0.4, 0.5) is 5.69 Å². The summed E-state index contributed by atoms with van der Waals surface area (Å²) in [6.45, 7) is 1.73. The number of nitrogens with zero attached hydrogens (tertiary/aromatic N) is 4. The monoisotopic (exact) mass is 356 g/mol. The van der Waals surface area contributed by atoms with Crippen molar-refractivity contribution in [2.24, 2.45) is 5.73 Å². The molecule has 4 heterocycles. The minimum absolute atomic E-state index is 0.179. The zero-order valence-electron chi connectivity index (χ0n) is 14.8. The highest BCUT2D eigenvalue weighted by Gasteiger charge is 2.26. The van der Waals surface area contributed by atoms with Crippen molar-refractivity contribution in [3.8, 4) is 22.6 Å². The van der Waals surface area contributed by atoms with Gasteiger partial charge in [0.2, 0.25) is 0 Å². The molecule has 3 aromatic heterocycles. The molecule has 1 aromatic carbocycles. The lowest BCUT2D eigenvalue weighted by atomic mass is 10.1. The van der Waals surface area contributed by atoms with Crippen molar-refractivity contribution in [3.63, 3.8) is 0 Å². The molecule has 1 saturated heterocycles. The van der Waals surface area contributed by atoms with Crippen molar-refractivity contribution >= 4 is 16.7 Å². The minimum Gasteiger partial charge on any atom is -0.369 e. The summed E-state index contributed by atoms with van der Waals surface area (Å²) in [6.07, 6.45) is 6.54.